The molecule has 0 saturated heterocycles. The first-order valence-electron chi connectivity index (χ1n) is 9.96. The fourth-order valence-electron chi connectivity index (χ4n) is 3.00. The van der Waals surface area contributed by atoms with Crippen LogP contribution in [-0.2, 0) is 11.4 Å². The van der Waals surface area contributed by atoms with Crippen molar-refractivity contribution in [2.24, 2.45) is 0 Å². The van der Waals surface area contributed by atoms with E-state index in [1.807, 2.05) is 90.4 Å². The molecule has 0 spiro atoms. The zero-order valence-corrected chi connectivity index (χ0v) is 19.8. The Morgan fingerprint density at radius 3 is 2.56 bits per heavy atom. The first-order chi connectivity index (χ1) is 15.6. The molecule has 3 aromatic carbocycles. The highest BCUT2D eigenvalue weighted by Crippen LogP contribution is 2.24. The number of benzene rings is 3. The lowest BCUT2D eigenvalue weighted by atomic mass is 10.2. The number of amides is 1. The molecule has 1 aromatic heterocycles. The number of aromatic nitrogens is 3. The molecule has 0 unspecified atom stereocenters. The van der Waals surface area contributed by atoms with E-state index in [0.717, 1.165) is 21.6 Å². The first-order valence-corrected chi connectivity index (χ1v) is 11.7. The SMILES string of the molecule is Cc1ccc(OCc2nnc(SCC(=O)Nc3cccc(Br)c3)n2-c2ccccc2)cc1. The number of hydrogen-bond acceptors (Lipinski definition) is 5. The van der Waals surface area contributed by atoms with Crippen molar-refractivity contribution < 1.29 is 9.53 Å². The van der Waals surface area contributed by atoms with E-state index in [1.54, 1.807) is 0 Å². The molecule has 0 aliphatic carbocycles. The molecule has 162 valence electrons. The van der Waals surface area contributed by atoms with Crippen molar-refractivity contribution in [2.45, 2.75) is 18.7 Å². The van der Waals surface area contributed by atoms with Crippen molar-refractivity contribution in [3.05, 3.63) is 94.7 Å². The van der Waals surface area contributed by atoms with Crippen LogP contribution in [-0.4, -0.2) is 26.4 Å². The maximum Gasteiger partial charge on any atom is 0.234 e. The van der Waals surface area contributed by atoms with Gasteiger partial charge in [-0.25, -0.2) is 0 Å². The number of rotatable bonds is 8. The largest absolute Gasteiger partial charge is 0.486 e. The van der Waals surface area contributed by atoms with Gasteiger partial charge in [-0.2, -0.15) is 0 Å². The quantitative estimate of drug-likeness (QED) is 0.311. The molecule has 4 rings (SSSR count). The highest BCUT2D eigenvalue weighted by atomic mass is 79.9. The van der Waals surface area contributed by atoms with Crippen LogP contribution in [0.5, 0.6) is 5.75 Å². The summed E-state index contributed by atoms with van der Waals surface area (Å²) in [5, 5.41) is 12.2. The second-order valence-electron chi connectivity index (χ2n) is 7.02. The molecule has 0 saturated carbocycles. The van der Waals surface area contributed by atoms with E-state index in [2.05, 4.69) is 31.4 Å². The van der Waals surface area contributed by atoms with Crippen LogP contribution in [0.1, 0.15) is 11.4 Å². The Morgan fingerprint density at radius 2 is 1.81 bits per heavy atom. The fourth-order valence-corrected chi connectivity index (χ4v) is 4.17. The van der Waals surface area contributed by atoms with Gasteiger partial charge in [0.2, 0.25) is 5.91 Å². The summed E-state index contributed by atoms with van der Waals surface area (Å²) in [5.74, 6) is 1.51. The maximum absolute atomic E-state index is 12.5. The van der Waals surface area contributed by atoms with Crippen LogP contribution in [0.15, 0.2) is 88.5 Å². The van der Waals surface area contributed by atoms with Gasteiger partial charge in [0.15, 0.2) is 11.0 Å². The summed E-state index contributed by atoms with van der Waals surface area (Å²) in [5.41, 5.74) is 2.82. The lowest BCUT2D eigenvalue weighted by molar-refractivity contribution is -0.113. The van der Waals surface area contributed by atoms with Gasteiger partial charge in [0.05, 0.1) is 5.75 Å². The predicted octanol–water partition coefficient (Wildman–Crippen LogP) is 5.65. The number of ether oxygens (including phenoxy) is 1. The van der Waals surface area contributed by atoms with E-state index < -0.39 is 0 Å². The van der Waals surface area contributed by atoms with Crippen molar-refractivity contribution in [3.8, 4) is 11.4 Å². The van der Waals surface area contributed by atoms with Crippen molar-refractivity contribution in [3.63, 3.8) is 0 Å². The van der Waals surface area contributed by atoms with Crippen LogP contribution < -0.4 is 10.1 Å². The van der Waals surface area contributed by atoms with Gasteiger partial charge in [-0.05, 0) is 49.4 Å². The smallest absolute Gasteiger partial charge is 0.234 e. The maximum atomic E-state index is 12.5. The normalized spacial score (nSPS) is 10.7. The third-order valence-electron chi connectivity index (χ3n) is 4.54. The Morgan fingerprint density at radius 1 is 1.03 bits per heavy atom. The van der Waals surface area contributed by atoms with Gasteiger partial charge in [0.1, 0.15) is 12.4 Å². The molecule has 0 atom stereocenters. The van der Waals surface area contributed by atoms with Crippen LogP contribution in [0, 0.1) is 6.92 Å². The van der Waals surface area contributed by atoms with Crippen molar-refractivity contribution in [1.82, 2.24) is 14.8 Å². The summed E-state index contributed by atoms with van der Waals surface area (Å²) in [6.45, 7) is 2.29. The molecular weight excluding hydrogens is 488 g/mol. The highest BCUT2D eigenvalue weighted by molar-refractivity contribution is 9.10. The minimum absolute atomic E-state index is 0.117. The Labute approximate surface area is 199 Å². The Bertz CT molecular complexity index is 1200. The van der Waals surface area contributed by atoms with E-state index in [9.17, 15) is 4.79 Å². The summed E-state index contributed by atoms with van der Waals surface area (Å²) >= 11 is 4.74. The van der Waals surface area contributed by atoms with Crippen LogP contribution in [0.4, 0.5) is 5.69 Å². The molecule has 8 heteroatoms. The minimum Gasteiger partial charge on any atom is -0.486 e. The van der Waals surface area contributed by atoms with E-state index >= 15 is 0 Å². The zero-order valence-electron chi connectivity index (χ0n) is 17.4. The third kappa shape index (κ3) is 5.77. The Balaban J connectivity index is 1.48. The molecule has 0 bridgehead atoms. The molecule has 1 amide bonds. The number of thioether (sulfide) groups is 1. The van der Waals surface area contributed by atoms with Crippen LogP contribution in [0.3, 0.4) is 0 Å². The van der Waals surface area contributed by atoms with E-state index in [0.29, 0.717) is 11.0 Å². The van der Waals surface area contributed by atoms with Crippen LogP contribution in [0.2, 0.25) is 0 Å². The topological polar surface area (TPSA) is 69.0 Å². The molecular formula is C24H21BrN4O2S. The van der Waals surface area contributed by atoms with Gasteiger partial charge in [-0.1, -0.05) is 69.7 Å². The second-order valence-corrected chi connectivity index (χ2v) is 8.88. The van der Waals surface area contributed by atoms with Gasteiger partial charge >= 0.3 is 0 Å². The Hall–Kier alpha value is -3.10. The molecule has 0 radical (unpaired) electrons. The number of nitrogens with zero attached hydrogens (tertiary/aromatic N) is 3. The van der Waals surface area contributed by atoms with E-state index in [4.69, 9.17) is 4.74 Å². The van der Waals surface area contributed by atoms with Crippen molar-refractivity contribution in [1.29, 1.82) is 0 Å². The standard InChI is InChI=1S/C24H21BrN4O2S/c1-17-10-12-21(13-11-17)31-15-22-27-28-24(29(22)20-8-3-2-4-9-20)32-16-23(30)26-19-7-5-6-18(25)14-19/h2-14H,15-16H2,1H3,(H,26,30). The van der Waals surface area contributed by atoms with Crippen molar-refractivity contribution >= 4 is 39.3 Å². The van der Waals surface area contributed by atoms with E-state index in [1.165, 1.54) is 17.3 Å². The molecule has 4 aromatic rings. The van der Waals surface area contributed by atoms with Crippen LogP contribution in [0.25, 0.3) is 5.69 Å². The number of carbonyl (C=O) groups is 1. The Kier molecular flexibility index (Phi) is 7.24. The third-order valence-corrected chi connectivity index (χ3v) is 5.97. The monoisotopic (exact) mass is 508 g/mol. The summed E-state index contributed by atoms with van der Waals surface area (Å²) in [6.07, 6.45) is 0. The molecule has 0 aliphatic heterocycles. The predicted molar refractivity (Wildman–Crippen MR) is 130 cm³/mol. The van der Waals surface area contributed by atoms with Gasteiger partial charge in [0.25, 0.3) is 0 Å². The zero-order chi connectivity index (χ0) is 22.3. The number of carbonyl (C=O) groups excluding carboxylic acids is 1. The summed E-state index contributed by atoms with van der Waals surface area (Å²) < 4.78 is 8.75. The highest BCUT2D eigenvalue weighted by Gasteiger charge is 2.16. The van der Waals surface area contributed by atoms with Crippen molar-refractivity contribution in [2.75, 3.05) is 11.1 Å². The number of halogens is 1. The fraction of sp³-hybridized carbons (Fsp3) is 0.125. The number of nitrogens with one attached hydrogen (secondary N) is 1. The molecule has 32 heavy (non-hydrogen) atoms. The minimum atomic E-state index is -0.117. The summed E-state index contributed by atoms with van der Waals surface area (Å²) in [4.78, 5) is 12.5. The molecule has 1 heterocycles. The van der Waals surface area contributed by atoms with Gasteiger partial charge in [-0.15, -0.1) is 10.2 Å². The second kappa shape index (κ2) is 10.5. The first kappa shape index (κ1) is 22.1. The van der Waals surface area contributed by atoms with Crippen LogP contribution >= 0.6 is 27.7 Å². The summed E-state index contributed by atoms with van der Waals surface area (Å²) in [6, 6.07) is 25.2. The van der Waals surface area contributed by atoms with E-state index in [-0.39, 0.29) is 18.3 Å². The van der Waals surface area contributed by atoms with Gasteiger partial charge in [0, 0.05) is 15.8 Å². The number of para-hydroxylation sites is 1. The average molecular weight is 509 g/mol. The molecule has 0 fully saturated rings. The van der Waals surface area contributed by atoms with Gasteiger partial charge in [-0.3, -0.25) is 9.36 Å². The molecule has 1 N–H and O–H groups in total. The number of hydrogen-bond donors (Lipinski definition) is 1. The summed E-state index contributed by atoms with van der Waals surface area (Å²) in [7, 11) is 0. The number of aryl methyl sites for hydroxylation is 1. The van der Waals surface area contributed by atoms with Gasteiger partial charge < -0.3 is 10.1 Å². The lowest BCUT2D eigenvalue weighted by Gasteiger charge is -2.11. The molecule has 6 nitrogen and oxygen atoms in total. The lowest BCUT2D eigenvalue weighted by Crippen LogP contribution is -2.14. The average Bonchev–Trinajstić information content (AvgIpc) is 3.21. The number of anilines is 1. The molecule has 0 aliphatic rings.